The van der Waals surface area contributed by atoms with Gasteiger partial charge in [0.05, 0.1) is 18.9 Å². The van der Waals surface area contributed by atoms with Crippen LogP contribution in [0.5, 0.6) is 5.75 Å². The van der Waals surface area contributed by atoms with E-state index in [1.165, 1.54) is 12.5 Å². The summed E-state index contributed by atoms with van der Waals surface area (Å²) in [7, 11) is 1.58. The zero-order valence-electron chi connectivity index (χ0n) is 8.77. The molecule has 1 N–H and O–H groups in total. The highest BCUT2D eigenvalue weighted by Crippen LogP contribution is 2.17. The van der Waals surface area contributed by atoms with Crippen molar-refractivity contribution < 1.29 is 13.9 Å². The minimum atomic E-state index is -0.206. The van der Waals surface area contributed by atoms with Crippen LogP contribution in [0.2, 0.25) is 0 Å². The van der Waals surface area contributed by atoms with Crippen LogP contribution in [0.15, 0.2) is 47.3 Å². The van der Waals surface area contributed by atoms with E-state index < -0.39 is 0 Å². The van der Waals surface area contributed by atoms with Crippen LogP contribution in [0.3, 0.4) is 0 Å². The van der Waals surface area contributed by atoms with Crippen LogP contribution >= 0.6 is 0 Å². The van der Waals surface area contributed by atoms with Gasteiger partial charge in [0.25, 0.3) is 5.91 Å². The van der Waals surface area contributed by atoms with Crippen LogP contribution in [0, 0.1) is 0 Å². The molecule has 0 unspecified atom stereocenters. The highest BCUT2D eigenvalue weighted by atomic mass is 16.5. The van der Waals surface area contributed by atoms with E-state index in [2.05, 4.69) is 5.32 Å². The number of rotatable bonds is 3. The minimum absolute atomic E-state index is 0.206. The Morgan fingerprint density at radius 1 is 1.38 bits per heavy atom. The third kappa shape index (κ3) is 2.23. The first-order chi connectivity index (χ1) is 7.79. The average molecular weight is 217 g/mol. The van der Waals surface area contributed by atoms with Gasteiger partial charge in [-0.25, -0.2) is 0 Å². The molecule has 0 aliphatic heterocycles. The van der Waals surface area contributed by atoms with Crippen molar-refractivity contribution in [3.63, 3.8) is 0 Å². The number of hydrogen-bond acceptors (Lipinski definition) is 3. The summed E-state index contributed by atoms with van der Waals surface area (Å²) < 4.78 is 9.89. The van der Waals surface area contributed by atoms with Gasteiger partial charge in [-0.2, -0.15) is 0 Å². The van der Waals surface area contributed by atoms with Crippen LogP contribution in [-0.4, -0.2) is 13.0 Å². The number of nitrogens with one attached hydrogen (secondary N) is 1. The Morgan fingerprint density at radius 2 is 2.25 bits per heavy atom. The van der Waals surface area contributed by atoms with E-state index in [0.29, 0.717) is 17.0 Å². The lowest BCUT2D eigenvalue weighted by molar-refractivity contribution is 0.102. The molecule has 0 aliphatic carbocycles. The second-order valence-electron chi connectivity index (χ2n) is 3.20. The number of ether oxygens (including phenoxy) is 1. The first-order valence-electron chi connectivity index (χ1n) is 4.77. The zero-order valence-corrected chi connectivity index (χ0v) is 8.77. The van der Waals surface area contributed by atoms with E-state index in [9.17, 15) is 4.79 Å². The van der Waals surface area contributed by atoms with Gasteiger partial charge in [0, 0.05) is 11.8 Å². The molecule has 1 aromatic carbocycles. The van der Waals surface area contributed by atoms with Crippen LogP contribution in [0.4, 0.5) is 5.69 Å². The first kappa shape index (κ1) is 10.3. The predicted molar refractivity (Wildman–Crippen MR) is 59.7 cm³/mol. The van der Waals surface area contributed by atoms with Gasteiger partial charge in [-0.1, -0.05) is 6.07 Å². The molecule has 0 radical (unpaired) electrons. The molecule has 2 aromatic rings. The van der Waals surface area contributed by atoms with E-state index in [4.69, 9.17) is 9.15 Å². The van der Waals surface area contributed by atoms with Crippen molar-refractivity contribution in [3.05, 3.63) is 48.4 Å². The van der Waals surface area contributed by atoms with E-state index in [0.717, 1.165) is 0 Å². The number of hydrogen-bond donors (Lipinski definition) is 1. The number of furan rings is 1. The average Bonchev–Trinajstić information content (AvgIpc) is 2.83. The fourth-order valence-corrected chi connectivity index (χ4v) is 1.30. The quantitative estimate of drug-likeness (QED) is 0.859. The molecule has 2 rings (SSSR count). The highest BCUT2D eigenvalue weighted by molar-refractivity contribution is 6.04. The van der Waals surface area contributed by atoms with Gasteiger partial charge in [0.2, 0.25) is 0 Å². The molecule has 1 heterocycles. The molecule has 0 fully saturated rings. The predicted octanol–water partition coefficient (Wildman–Crippen LogP) is 2.54. The molecule has 0 saturated heterocycles. The van der Waals surface area contributed by atoms with Crippen LogP contribution < -0.4 is 10.1 Å². The molecule has 0 saturated carbocycles. The van der Waals surface area contributed by atoms with E-state index in [-0.39, 0.29) is 5.91 Å². The number of anilines is 1. The van der Waals surface area contributed by atoms with Crippen LogP contribution in [-0.2, 0) is 0 Å². The summed E-state index contributed by atoms with van der Waals surface area (Å²) in [5, 5.41) is 2.74. The van der Waals surface area contributed by atoms with Crippen LogP contribution in [0.25, 0.3) is 0 Å². The van der Waals surface area contributed by atoms with Crippen molar-refractivity contribution in [3.8, 4) is 5.75 Å². The van der Waals surface area contributed by atoms with Crippen molar-refractivity contribution in [2.24, 2.45) is 0 Å². The van der Waals surface area contributed by atoms with Crippen molar-refractivity contribution in [2.75, 3.05) is 12.4 Å². The Balaban J connectivity index is 2.12. The second-order valence-corrected chi connectivity index (χ2v) is 3.20. The van der Waals surface area contributed by atoms with E-state index in [1.54, 1.807) is 25.3 Å². The SMILES string of the molecule is COc1cccc(NC(=O)c2ccoc2)c1. The Morgan fingerprint density at radius 3 is 2.94 bits per heavy atom. The standard InChI is InChI=1S/C12H11NO3/c1-15-11-4-2-3-10(7-11)13-12(14)9-5-6-16-8-9/h2-8H,1H3,(H,13,14). The summed E-state index contributed by atoms with van der Waals surface area (Å²) in [5.41, 5.74) is 1.17. The number of carbonyl (C=O) groups is 1. The summed E-state index contributed by atoms with van der Waals surface area (Å²) in [5.74, 6) is 0.493. The molecule has 4 heteroatoms. The number of amides is 1. The van der Waals surface area contributed by atoms with E-state index in [1.807, 2.05) is 12.1 Å². The Bertz CT molecular complexity index is 477. The molecule has 16 heavy (non-hydrogen) atoms. The number of methoxy groups -OCH3 is 1. The molecule has 0 spiro atoms. The topological polar surface area (TPSA) is 51.5 Å². The molecule has 0 atom stereocenters. The minimum Gasteiger partial charge on any atom is -0.497 e. The maximum Gasteiger partial charge on any atom is 0.258 e. The molecule has 0 bridgehead atoms. The van der Waals surface area contributed by atoms with Gasteiger partial charge in [-0.15, -0.1) is 0 Å². The zero-order chi connectivity index (χ0) is 11.4. The van der Waals surface area contributed by atoms with Crippen molar-refractivity contribution in [1.82, 2.24) is 0 Å². The smallest absolute Gasteiger partial charge is 0.258 e. The van der Waals surface area contributed by atoms with Gasteiger partial charge in [0.1, 0.15) is 12.0 Å². The molecular weight excluding hydrogens is 206 g/mol. The third-order valence-electron chi connectivity index (χ3n) is 2.11. The summed E-state index contributed by atoms with van der Waals surface area (Å²) >= 11 is 0. The Kier molecular flexibility index (Phi) is 2.91. The molecule has 82 valence electrons. The normalized spacial score (nSPS) is 9.81. The lowest BCUT2D eigenvalue weighted by Gasteiger charge is -2.05. The molecule has 0 aliphatic rings. The summed E-state index contributed by atoms with van der Waals surface area (Å²) in [6.07, 6.45) is 2.86. The molecule has 1 amide bonds. The third-order valence-corrected chi connectivity index (χ3v) is 2.11. The summed E-state index contributed by atoms with van der Waals surface area (Å²) in [6, 6.07) is 8.77. The van der Waals surface area contributed by atoms with Crippen LogP contribution in [0.1, 0.15) is 10.4 Å². The highest BCUT2D eigenvalue weighted by Gasteiger charge is 2.07. The maximum absolute atomic E-state index is 11.7. The first-order valence-corrected chi connectivity index (χ1v) is 4.77. The number of benzene rings is 1. The van der Waals surface area contributed by atoms with Gasteiger partial charge in [0.15, 0.2) is 0 Å². The summed E-state index contributed by atoms with van der Waals surface area (Å²) in [6.45, 7) is 0. The maximum atomic E-state index is 11.7. The second kappa shape index (κ2) is 4.53. The lowest BCUT2D eigenvalue weighted by Crippen LogP contribution is -2.10. The van der Waals surface area contributed by atoms with Crippen molar-refractivity contribution >= 4 is 11.6 Å². The van der Waals surface area contributed by atoms with Crippen molar-refractivity contribution in [2.45, 2.75) is 0 Å². The monoisotopic (exact) mass is 217 g/mol. The fourth-order valence-electron chi connectivity index (χ4n) is 1.30. The molecule has 4 nitrogen and oxygen atoms in total. The summed E-state index contributed by atoms with van der Waals surface area (Å²) in [4.78, 5) is 11.7. The number of carbonyl (C=O) groups excluding carboxylic acids is 1. The Labute approximate surface area is 92.8 Å². The fraction of sp³-hybridized carbons (Fsp3) is 0.0833. The molecule has 1 aromatic heterocycles. The van der Waals surface area contributed by atoms with Gasteiger partial charge < -0.3 is 14.5 Å². The van der Waals surface area contributed by atoms with Gasteiger partial charge in [-0.3, -0.25) is 4.79 Å². The van der Waals surface area contributed by atoms with Gasteiger partial charge in [-0.05, 0) is 18.2 Å². The largest absolute Gasteiger partial charge is 0.497 e. The lowest BCUT2D eigenvalue weighted by atomic mass is 10.2. The van der Waals surface area contributed by atoms with E-state index >= 15 is 0 Å². The molecular formula is C12H11NO3. The van der Waals surface area contributed by atoms with Crippen molar-refractivity contribution in [1.29, 1.82) is 0 Å². The van der Waals surface area contributed by atoms with Gasteiger partial charge >= 0.3 is 0 Å². The Hall–Kier alpha value is -2.23.